The minimum absolute atomic E-state index is 0.145. The highest BCUT2D eigenvalue weighted by Gasteiger charge is 2.62. The third-order valence-corrected chi connectivity index (χ3v) is 7.40. The Hall–Kier alpha value is -2.03. The van der Waals surface area contributed by atoms with E-state index in [2.05, 4.69) is 5.32 Å². The fraction of sp³-hybridized carbons (Fsp3) is 0.421. The Kier molecular flexibility index (Phi) is 4.68. The van der Waals surface area contributed by atoms with E-state index in [0.717, 1.165) is 5.56 Å². The Morgan fingerprint density at radius 3 is 2.61 bits per heavy atom. The summed E-state index contributed by atoms with van der Waals surface area (Å²) in [6, 6.07) is 8.12. The maximum atomic E-state index is 13.3. The molecule has 0 radical (unpaired) electrons. The monoisotopic (exact) mass is 421 g/mol. The normalized spacial score (nSPS) is 32.5. The van der Waals surface area contributed by atoms with Crippen molar-refractivity contribution >= 4 is 41.1 Å². The highest BCUT2D eigenvalue weighted by atomic mass is 35.5. The van der Waals surface area contributed by atoms with Gasteiger partial charge in [0.2, 0.25) is 5.91 Å². The number of carbonyl (C=O) groups is 3. The summed E-state index contributed by atoms with van der Waals surface area (Å²) < 4.78 is 0. The lowest BCUT2D eigenvalue weighted by Crippen LogP contribution is -2.74. The first-order valence-corrected chi connectivity index (χ1v) is 10.4. The van der Waals surface area contributed by atoms with E-state index in [1.807, 2.05) is 44.2 Å². The molecule has 0 saturated carbocycles. The number of rotatable bonds is 4. The molecule has 2 N–H and O–H groups in total. The molecule has 3 aliphatic heterocycles. The third-order valence-electron chi connectivity index (χ3n) is 5.67. The van der Waals surface area contributed by atoms with Gasteiger partial charge in [-0.3, -0.25) is 19.8 Å². The second-order valence-electron chi connectivity index (χ2n) is 7.24. The summed E-state index contributed by atoms with van der Waals surface area (Å²) in [6.45, 7) is 3.85. The van der Waals surface area contributed by atoms with E-state index in [0.29, 0.717) is 12.2 Å². The van der Waals surface area contributed by atoms with Crippen molar-refractivity contribution < 1.29 is 19.5 Å². The first-order chi connectivity index (χ1) is 13.3. The number of β-lactam (4-membered cyclic amide) rings is 1. The second-order valence-corrected chi connectivity index (χ2v) is 8.80. The van der Waals surface area contributed by atoms with E-state index < -0.39 is 35.0 Å². The van der Waals surface area contributed by atoms with Crippen LogP contribution >= 0.6 is 23.4 Å². The van der Waals surface area contributed by atoms with Crippen LogP contribution in [0, 0.1) is 0 Å². The van der Waals surface area contributed by atoms with Gasteiger partial charge in [-0.15, -0.1) is 11.8 Å². The van der Waals surface area contributed by atoms with Gasteiger partial charge in [0, 0.05) is 5.75 Å². The minimum atomic E-state index is -1.23. The Morgan fingerprint density at radius 2 is 2.00 bits per heavy atom. The Labute approximate surface area is 171 Å². The SMILES string of the molecule is CCC1(C)NC(c2ccccc2)C(=O)N1[C@@H]1C(=O)N2C(C(=O)O)=C(Cl)CS[C@H]12. The van der Waals surface area contributed by atoms with Gasteiger partial charge in [0.05, 0.1) is 10.7 Å². The zero-order valence-electron chi connectivity index (χ0n) is 15.4. The van der Waals surface area contributed by atoms with Crippen LogP contribution in [0.4, 0.5) is 0 Å². The van der Waals surface area contributed by atoms with Crippen molar-refractivity contribution in [2.75, 3.05) is 5.75 Å². The first kappa shape index (κ1) is 19.3. The average molecular weight is 422 g/mol. The van der Waals surface area contributed by atoms with Crippen LogP contribution in [0.25, 0.3) is 0 Å². The molecule has 0 spiro atoms. The molecule has 28 heavy (non-hydrogen) atoms. The number of hydrogen-bond acceptors (Lipinski definition) is 5. The molecule has 2 saturated heterocycles. The molecule has 1 aromatic carbocycles. The molecule has 0 aromatic heterocycles. The van der Waals surface area contributed by atoms with Crippen LogP contribution in [-0.2, 0) is 14.4 Å². The quantitative estimate of drug-likeness (QED) is 0.724. The highest BCUT2D eigenvalue weighted by Crippen LogP contribution is 2.47. The van der Waals surface area contributed by atoms with Gasteiger partial charge in [-0.25, -0.2) is 4.79 Å². The number of carbonyl (C=O) groups excluding carboxylic acids is 2. The van der Waals surface area contributed by atoms with Crippen molar-refractivity contribution in [1.29, 1.82) is 0 Å². The van der Waals surface area contributed by atoms with Gasteiger partial charge in [0.1, 0.15) is 23.2 Å². The van der Waals surface area contributed by atoms with E-state index in [4.69, 9.17) is 11.6 Å². The van der Waals surface area contributed by atoms with Crippen molar-refractivity contribution in [3.05, 3.63) is 46.6 Å². The molecule has 3 heterocycles. The van der Waals surface area contributed by atoms with Crippen molar-refractivity contribution in [2.24, 2.45) is 0 Å². The van der Waals surface area contributed by atoms with E-state index in [9.17, 15) is 19.5 Å². The number of amides is 2. The maximum Gasteiger partial charge on any atom is 0.353 e. The number of halogens is 1. The molecule has 2 unspecified atom stereocenters. The van der Waals surface area contributed by atoms with E-state index in [-0.39, 0.29) is 16.6 Å². The molecule has 7 nitrogen and oxygen atoms in total. The average Bonchev–Trinajstić information content (AvgIpc) is 2.94. The summed E-state index contributed by atoms with van der Waals surface area (Å²) >= 11 is 7.43. The lowest BCUT2D eigenvalue weighted by Gasteiger charge is -2.54. The summed E-state index contributed by atoms with van der Waals surface area (Å²) in [5.74, 6) is -1.51. The number of nitrogens with zero attached hydrogens (tertiary/aromatic N) is 2. The minimum Gasteiger partial charge on any atom is -0.477 e. The number of benzene rings is 1. The molecule has 0 bridgehead atoms. The molecule has 9 heteroatoms. The van der Waals surface area contributed by atoms with Crippen LogP contribution < -0.4 is 5.32 Å². The van der Waals surface area contributed by atoms with Gasteiger partial charge >= 0.3 is 5.97 Å². The van der Waals surface area contributed by atoms with Crippen LogP contribution in [0.5, 0.6) is 0 Å². The van der Waals surface area contributed by atoms with Crippen molar-refractivity contribution in [3.63, 3.8) is 0 Å². The first-order valence-electron chi connectivity index (χ1n) is 9.02. The summed E-state index contributed by atoms with van der Waals surface area (Å²) in [6.07, 6.45) is 0.603. The van der Waals surface area contributed by atoms with E-state index >= 15 is 0 Å². The summed E-state index contributed by atoms with van der Waals surface area (Å²) in [4.78, 5) is 40.7. The van der Waals surface area contributed by atoms with Crippen molar-refractivity contribution in [3.8, 4) is 0 Å². The van der Waals surface area contributed by atoms with Crippen LogP contribution in [0.2, 0.25) is 0 Å². The number of carboxylic acid groups (broad SMARTS) is 1. The lowest BCUT2D eigenvalue weighted by molar-refractivity contribution is -0.163. The van der Waals surface area contributed by atoms with Crippen LogP contribution in [-0.4, -0.2) is 55.5 Å². The van der Waals surface area contributed by atoms with Gasteiger partial charge in [0.25, 0.3) is 5.91 Å². The maximum absolute atomic E-state index is 13.3. The predicted octanol–water partition coefficient (Wildman–Crippen LogP) is 2.10. The zero-order chi connectivity index (χ0) is 20.2. The molecular formula is C19H20ClN3O4S. The van der Waals surface area contributed by atoms with Gasteiger partial charge < -0.3 is 10.0 Å². The predicted molar refractivity (Wildman–Crippen MR) is 105 cm³/mol. The summed E-state index contributed by atoms with van der Waals surface area (Å²) in [5, 5.41) is 12.5. The molecule has 3 aliphatic rings. The van der Waals surface area contributed by atoms with Gasteiger partial charge in [-0.1, -0.05) is 48.9 Å². The molecule has 4 rings (SSSR count). The molecule has 0 aliphatic carbocycles. The van der Waals surface area contributed by atoms with Gasteiger partial charge in [0.15, 0.2) is 0 Å². The second kappa shape index (κ2) is 6.79. The van der Waals surface area contributed by atoms with Gasteiger partial charge in [-0.05, 0) is 18.9 Å². The van der Waals surface area contributed by atoms with Crippen LogP contribution in [0.15, 0.2) is 41.1 Å². The molecular weight excluding hydrogens is 402 g/mol. The molecule has 2 fully saturated rings. The lowest BCUT2D eigenvalue weighted by atomic mass is 9.98. The summed E-state index contributed by atoms with van der Waals surface area (Å²) in [5.41, 5.74) is -0.0494. The number of carboxylic acids is 1. The smallest absolute Gasteiger partial charge is 0.353 e. The van der Waals surface area contributed by atoms with Crippen molar-refractivity contribution in [2.45, 2.75) is 43.4 Å². The Balaban J connectivity index is 1.68. The standard InChI is InChI=1S/C19H20ClN3O4S/c1-3-19(2)21-12(10-7-5-4-6-8-10)15(24)23(19)14-16(25)22-13(18(26)27)11(20)9-28-17(14)22/h4-8,12,14,17,21H,3,9H2,1-2H3,(H,26,27)/t12?,14-,17-,19?/m1/s1. The number of nitrogens with one attached hydrogen (secondary N) is 1. The Bertz CT molecular complexity index is 892. The fourth-order valence-electron chi connectivity index (χ4n) is 4.08. The number of aliphatic carboxylic acids is 1. The van der Waals surface area contributed by atoms with E-state index in [1.165, 1.54) is 16.7 Å². The Morgan fingerprint density at radius 1 is 1.32 bits per heavy atom. The van der Waals surface area contributed by atoms with Crippen LogP contribution in [0.3, 0.4) is 0 Å². The topological polar surface area (TPSA) is 90.0 Å². The number of fused-ring (bicyclic) bond motifs is 1. The highest BCUT2D eigenvalue weighted by molar-refractivity contribution is 8.00. The molecule has 1 aromatic rings. The number of hydrogen-bond donors (Lipinski definition) is 2. The largest absolute Gasteiger partial charge is 0.477 e. The van der Waals surface area contributed by atoms with E-state index in [1.54, 1.807) is 4.90 Å². The molecule has 4 atom stereocenters. The third kappa shape index (κ3) is 2.66. The molecule has 148 valence electrons. The zero-order valence-corrected chi connectivity index (χ0v) is 17.0. The molecule has 2 amide bonds. The van der Waals surface area contributed by atoms with Crippen molar-refractivity contribution in [1.82, 2.24) is 15.1 Å². The fourth-order valence-corrected chi connectivity index (χ4v) is 5.67. The van der Waals surface area contributed by atoms with Gasteiger partial charge in [-0.2, -0.15) is 0 Å². The summed E-state index contributed by atoms with van der Waals surface area (Å²) in [7, 11) is 0. The number of thioether (sulfide) groups is 1. The van der Waals surface area contributed by atoms with Crippen LogP contribution in [0.1, 0.15) is 31.9 Å².